The highest BCUT2D eigenvalue weighted by molar-refractivity contribution is 7.47. The zero-order valence-electron chi connectivity index (χ0n) is 64.1. The lowest BCUT2D eigenvalue weighted by molar-refractivity contribution is -0.161. The molecule has 0 saturated heterocycles. The molecule has 0 radical (unpaired) electrons. The van der Waals surface area contributed by atoms with Gasteiger partial charge in [-0.25, -0.2) is 9.13 Å². The maximum atomic E-state index is 13.1. The Kier molecular flexibility index (Phi) is 69.3. The Bertz CT molecular complexity index is 1890. The molecule has 0 spiro atoms. The average molecular weight is 1440 g/mol. The number of carbonyl (C=O) groups excluding carboxylic acids is 4. The van der Waals surface area contributed by atoms with Crippen LogP contribution in [0.15, 0.2) is 0 Å². The van der Waals surface area contributed by atoms with E-state index in [-0.39, 0.29) is 25.7 Å². The van der Waals surface area contributed by atoms with Crippen LogP contribution in [0.3, 0.4) is 0 Å². The normalized spacial score (nSPS) is 13.9. The highest BCUT2D eigenvalue weighted by Gasteiger charge is 2.30. The third kappa shape index (κ3) is 72.4. The predicted octanol–water partition coefficient (Wildman–Crippen LogP) is 23.5. The minimum atomic E-state index is -4.96. The fourth-order valence-electron chi connectivity index (χ4n) is 12.2. The van der Waals surface area contributed by atoms with Gasteiger partial charge in [0.25, 0.3) is 0 Å². The van der Waals surface area contributed by atoms with Crippen molar-refractivity contribution in [2.24, 2.45) is 11.8 Å². The number of rotatable bonds is 78. The van der Waals surface area contributed by atoms with Crippen molar-refractivity contribution < 1.29 is 80.2 Å². The lowest BCUT2D eigenvalue weighted by Crippen LogP contribution is -2.30. The van der Waals surface area contributed by atoms with Gasteiger partial charge in [0.2, 0.25) is 0 Å². The number of ether oxygens (including phenoxy) is 4. The van der Waals surface area contributed by atoms with Crippen molar-refractivity contribution in [3.8, 4) is 0 Å². The lowest BCUT2D eigenvalue weighted by atomic mass is 10.0. The second kappa shape index (κ2) is 70.7. The predicted molar refractivity (Wildman–Crippen MR) is 400 cm³/mol. The van der Waals surface area contributed by atoms with Crippen molar-refractivity contribution in [2.75, 3.05) is 39.6 Å². The van der Waals surface area contributed by atoms with E-state index in [1.54, 1.807) is 0 Å². The number of phosphoric acid groups is 2. The van der Waals surface area contributed by atoms with Gasteiger partial charge in [0.05, 0.1) is 26.4 Å². The smallest absolute Gasteiger partial charge is 0.462 e. The molecule has 2 unspecified atom stereocenters. The number of esters is 4. The van der Waals surface area contributed by atoms with Gasteiger partial charge in [0, 0.05) is 25.7 Å². The third-order valence-corrected chi connectivity index (χ3v) is 20.4. The molecular formula is C79H154O17P2. The van der Waals surface area contributed by atoms with Crippen LogP contribution in [-0.2, 0) is 65.4 Å². The van der Waals surface area contributed by atoms with Crippen LogP contribution in [0.4, 0.5) is 0 Å². The van der Waals surface area contributed by atoms with E-state index in [0.717, 1.165) is 115 Å². The van der Waals surface area contributed by atoms with E-state index in [4.69, 9.17) is 37.0 Å². The molecule has 0 aliphatic heterocycles. The molecule has 17 nitrogen and oxygen atoms in total. The van der Waals surface area contributed by atoms with Crippen LogP contribution in [0.2, 0.25) is 0 Å². The Hall–Kier alpha value is -1.94. The van der Waals surface area contributed by atoms with E-state index in [0.29, 0.717) is 25.7 Å². The van der Waals surface area contributed by atoms with Crippen molar-refractivity contribution in [2.45, 2.75) is 432 Å². The van der Waals surface area contributed by atoms with E-state index < -0.39 is 97.5 Å². The third-order valence-electron chi connectivity index (χ3n) is 18.5. The minimum absolute atomic E-state index is 0.107. The highest BCUT2D eigenvalue weighted by Crippen LogP contribution is 2.45. The van der Waals surface area contributed by atoms with Gasteiger partial charge in [0.1, 0.15) is 19.3 Å². The van der Waals surface area contributed by atoms with Gasteiger partial charge in [-0.15, -0.1) is 0 Å². The second-order valence-corrected chi connectivity index (χ2v) is 32.3. The molecule has 0 fully saturated rings. The Labute approximate surface area is 600 Å². The van der Waals surface area contributed by atoms with E-state index in [1.165, 1.54) is 218 Å². The minimum Gasteiger partial charge on any atom is -0.462 e. The molecule has 0 bridgehead atoms. The summed E-state index contributed by atoms with van der Waals surface area (Å²) in [5.74, 6) is -0.489. The van der Waals surface area contributed by atoms with Crippen molar-refractivity contribution >= 4 is 39.5 Å². The largest absolute Gasteiger partial charge is 0.472 e. The quantitative estimate of drug-likeness (QED) is 0.0222. The Morgan fingerprint density at radius 2 is 0.469 bits per heavy atom. The fourth-order valence-corrected chi connectivity index (χ4v) is 13.8. The van der Waals surface area contributed by atoms with Gasteiger partial charge in [-0.3, -0.25) is 37.3 Å². The van der Waals surface area contributed by atoms with Crippen LogP contribution in [0.5, 0.6) is 0 Å². The molecule has 0 rings (SSSR count). The molecule has 0 aromatic heterocycles. The Morgan fingerprint density at radius 1 is 0.276 bits per heavy atom. The summed E-state index contributed by atoms with van der Waals surface area (Å²) in [6.45, 7) is 9.64. The summed E-state index contributed by atoms with van der Waals surface area (Å²) in [6, 6.07) is 0. The topological polar surface area (TPSA) is 237 Å². The summed E-state index contributed by atoms with van der Waals surface area (Å²) in [7, 11) is -9.91. The number of hydrogen-bond donors (Lipinski definition) is 3. The van der Waals surface area contributed by atoms with E-state index >= 15 is 0 Å². The van der Waals surface area contributed by atoms with Crippen molar-refractivity contribution in [1.82, 2.24) is 0 Å². The fraction of sp³-hybridized carbons (Fsp3) is 0.949. The second-order valence-electron chi connectivity index (χ2n) is 29.4. The summed E-state index contributed by atoms with van der Waals surface area (Å²) in [4.78, 5) is 72.8. The first kappa shape index (κ1) is 96.1. The van der Waals surface area contributed by atoms with Gasteiger partial charge in [-0.1, -0.05) is 363 Å². The molecule has 0 saturated carbocycles. The molecule has 582 valence electrons. The zero-order valence-corrected chi connectivity index (χ0v) is 65.9. The average Bonchev–Trinajstić information content (AvgIpc) is 0.975. The standard InChI is InChI=1S/C79H154O17P2/c1-7-9-11-13-15-16-17-33-39-45-51-57-63-78(83)95-74(67-89-76(81)61-55-49-41-14-12-10-8-2)69-93-97(85,86)91-65-73(80)66-92-98(87,88)94-70-75(68-90-77(82)62-56-50-44-38-34-29-26-22-24-28-32-37-43-48-54-60-72(5)6)96-79(84)64-58-52-46-40-35-30-25-21-19-18-20-23-27-31-36-42-47-53-59-71(3)4/h71-75,80H,7-70H2,1-6H3,(H,85,86)(H,87,88)/t73-,74+,75+/m0/s1. The van der Waals surface area contributed by atoms with Gasteiger partial charge in [-0.05, 0) is 37.5 Å². The van der Waals surface area contributed by atoms with Crippen molar-refractivity contribution in [3.05, 3.63) is 0 Å². The van der Waals surface area contributed by atoms with E-state index in [2.05, 4.69) is 41.5 Å². The summed E-state index contributed by atoms with van der Waals surface area (Å²) in [6.07, 6.45) is 59.8. The first-order chi connectivity index (χ1) is 47.4. The van der Waals surface area contributed by atoms with Crippen molar-refractivity contribution in [1.29, 1.82) is 0 Å². The molecule has 5 atom stereocenters. The zero-order chi connectivity index (χ0) is 72.1. The van der Waals surface area contributed by atoms with Crippen LogP contribution >= 0.6 is 15.6 Å². The van der Waals surface area contributed by atoms with E-state index in [9.17, 15) is 43.2 Å². The Balaban J connectivity index is 5.16. The van der Waals surface area contributed by atoms with Gasteiger partial charge >= 0.3 is 39.5 Å². The summed E-state index contributed by atoms with van der Waals surface area (Å²) in [5, 5.41) is 10.6. The van der Waals surface area contributed by atoms with Crippen LogP contribution in [0.1, 0.15) is 414 Å². The van der Waals surface area contributed by atoms with Gasteiger partial charge in [0.15, 0.2) is 12.2 Å². The van der Waals surface area contributed by atoms with Crippen molar-refractivity contribution in [3.63, 3.8) is 0 Å². The SMILES string of the molecule is CCCCCCCCCCCCCCC(=O)O[C@H](COC(=O)CCCCCCCCC)COP(=O)(O)OC[C@H](O)COP(=O)(O)OC[C@@H](COC(=O)CCCCCCCCCCCCCCCCCC(C)C)OC(=O)CCCCCCCCCCCCCCCCCCCCC(C)C. The first-order valence-corrected chi connectivity index (χ1v) is 44.0. The summed E-state index contributed by atoms with van der Waals surface area (Å²) >= 11 is 0. The van der Waals surface area contributed by atoms with Gasteiger partial charge < -0.3 is 33.8 Å². The Morgan fingerprint density at radius 3 is 0.694 bits per heavy atom. The summed E-state index contributed by atoms with van der Waals surface area (Å²) < 4.78 is 68.5. The molecule has 0 aliphatic carbocycles. The number of hydrogen-bond acceptors (Lipinski definition) is 15. The van der Waals surface area contributed by atoms with E-state index in [1.807, 2.05) is 0 Å². The van der Waals surface area contributed by atoms with Gasteiger partial charge in [-0.2, -0.15) is 0 Å². The molecule has 0 aliphatic rings. The number of phosphoric ester groups is 2. The molecular weight excluding hydrogens is 1280 g/mol. The molecule has 0 amide bonds. The lowest BCUT2D eigenvalue weighted by Gasteiger charge is -2.21. The molecule has 19 heteroatoms. The molecule has 0 aromatic carbocycles. The number of unbranched alkanes of at least 4 members (excludes halogenated alkanes) is 48. The molecule has 98 heavy (non-hydrogen) atoms. The monoisotopic (exact) mass is 1440 g/mol. The molecule has 0 heterocycles. The van der Waals surface area contributed by atoms with Crippen LogP contribution < -0.4 is 0 Å². The summed E-state index contributed by atoms with van der Waals surface area (Å²) in [5.41, 5.74) is 0. The number of aliphatic hydroxyl groups excluding tert-OH is 1. The van der Waals surface area contributed by atoms with Crippen LogP contribution in [0, 0.1) is 11.8 Å². The first-order valence-electron chi connectivity index (χ1n) is 41.0. The maximum Gasteiger partial charge on any atom is 0.472 e. The number of carbonyl (C=O) groups is 4. The van der Waals surface area contributed by atoms with Crippen LogP contribution in [-0.4, -0.2) is 96.7 Å². The van der Waals surface area contributed by atoms with Crippen LogP contribution in [0.25, 0.3) is 0 Å². The molecule has 0 aromatic rings. The molecule has 3 N–H and O–H groups in total. The highest BCUT2D eigenvalue weighted by atomic mass is 31.2. The number of aliphatic hydroxyl groups is 1. The maximum absolute atomic E-state index is 13.1.